The number of hydrogen-bond donors (Lipinski definition) is 0. The summed E-state index contributed by atoms with van der Waals surface area (Å²) in [7, 11) is 4.19. The molecule has 0 fully saturated rings. The van der Waals surface area contributed by atoms with E-state index in [2.05, 4.69) is 61.5 Å². The SMILES string of the molecule is Cc1cc2c(-c3ccccc3CN(C)C)cccc2o1. The highest BCUT2D eigenvalue weighted by atomic mass is 16.3. The highest BCUT2D eigenvalue weighted by Crippen LogP contribution is 2.33. The molecule has 20 heavy (non-hydrogen) atoms. The minimum atomic E-state index is 0.934. The van der Waals surface area contributed by atoms with Crippen LogP contribution in [0.25, 0.3) is 22.1 Å². The molecule has 0 N–H and O–H groups in total. The summed E-state index contributed by atoms with van der Waals surface area (Å²) >= 11 is 0. The van der Waals surface area contributed by atoms with Crippen LogP contribution in [0.3, 0.4) is 0 Å². The van der Waals surface area contributed by atoms with Crippen LogP contribution < -0.4 is 0 Å². The minimum absolute atomic E-state index is 0.934. The Bertz CT molecular complexity index is 740. The number of benzene rings is 2. The van der Waals surface area contributed by atoms with Crippen LogP contribution in [-0.4, -0.2) is 19.0 Å². The third-order valence-corrected chi connectivity index (χ3v) is 3.48. The molecule has 1 aromatic heterocycles. The van der Waals surface area contributed by atoms with E-state index in [4.69, 9.17) is 4.42 Å². The van der Waals surface area contributed by atoms with Crippen molar-refractivity contribution in [2.75, 3.05) is 14.1 Å². The maximum Gasteiger partial charge on any atom is 0.134 e. The van der Waals surface area contributed by atoms with Crippen molar-refractivity contribution in [3.05, 3.63) is 59.9 Å². The molecule has 0 saturated carbocycles. The lowest BCUT2D eigenvalue weighted by molar-refractivity contribution is 0.403. The molecule has 2 heteroatoms. The predicted octanol–water partition coefficient (Wildman–Crippen LogP) is 4.47. The third-order valence-electron chi connectivity index (χ3n) is 3.48. The fourth-order valence-corrected chi connectivity index (χ4v) is 2.68. The van der Waals surface area contributed by atoms with Crippen molar-refractivity contribution in [1.29, 1.82) is 0 Å². The quantitative estimate of drug-likeness (QED) is 0.694. The minimum Gasteiger partial charge on any atom is -0.461 e. The van der Waals surface area contributed by atoms with E-state index in [0.29, 0.717) is 0 Å². The smallest absolute Gasteiger partial charge is 0.134 e. The van der Waals surface area contributed by atoms with Crippen LogP contribution in [0.4, 0.5) is 0 Å². The van der Waals surface area contributed by atoms with Crippen molar-refractivity contribution in [2.45, 2.75) is 13.5 Å². The molecule has 0 amide bonds. The number of fused-ring (bicyclic) bond motifs is 1. The van der Waals surface area contributed by atoms with E-state index in [9.17, 15) is 0 Å². The van der Waals surface area contributed by atoms with E-state index >= 15 is 0 Å². The molecule has 0 saturated heterocycles. The Hall–Kier alpha value is -2.06. The summed E-state index contributed by atoms with van der Waals surface area (Å²) in [6.45, 7) is 2.93. The Morgan fingerprint density at radius 3 is 2.50 bits per heavy atom. The zero-order valence-corrected chi connectivity index (χ0v) is 12.2. The molecule has 102 valence electrons. The largest absolute Gasteiger partial charge is 0.461 e. The standard InChI is InChI=1S/C18H19NO/c1-13-11-17-16(9-6-10-18(17)20-13)15-8-5-4-7-14(15)12-19(2)3/h4-11H,12H2,1-3H3. The molecule has 0 bridgehead atoms. The van der Waals surface area contributed by atoms with Gasteiger partial charge in [-0.15, -0.1) is 0 Å². The number of furan rings is 1. The lowest BCUT2D eigenvalue weighted by Gasteiger charge is -2.14. The highest BCUT2D eigenvalue weighted by Gasteiger charge is 2.11. The first-order valence-corrected chi connectivity index (χ1v) is 6.87. The van der Waals surface area contributed by atoms with Gasteiger partial charge in [0.1, 0.15) is 11.3 Å². The topological polar surface area (TPSA) is 16.4 Å². The van der Waals surface area contributed by atoms with Gasteiger partial charge in [0.05, 0.1) is 0 Å². The van der Waals surface area contributed by atoms with E-state index in [1.165, 1.54) is 22.1 Å². The molecular weight excluding hydrogens is 246 g/mol. The second kappa shape index (κ2) is 5.14. The molecule has 2 aromatic carbocycles. The molecule has 0 aliphatic heterocycles. The first kappa shape index (κ1) is 12.9. The van der Waals surface area contributed by atoms with Crippen LogP contribution in [0.1, 0.15) is 11.3 Å². The summed E-state index contributed by atoms with van der Waals surface area (Å²) in [6.07, 6.45) is 0. The molecular formula is C18H19NO. The summed E-state index contributed by atoms with van der Waals surface area (Å²) in [5.41, 5.74) is 4.83. The first-order valence-electron chi connectivity index (χ1n) is 6.87. The summed E-state index contributed by atoms with van der Waals surface area (Å²) < 4.78 is 5.74. The molecule has 2 nitrogen and oxygen atoms in total. The van der Waals surface area contributed by atoms with Crippen LogP contribution in [0.15, 0.2) is 52.9 Å². The maximum atomic E-state index is 5.74. The molecule has 3 aromatic rings. The predicted molar refractivity (Wildman–Crippen MR) is 83.8 cm³/mol. The van der Waals surface area contributed by atoms with Crippen molar-refractivity contribution in [2.24, 2.45) is 0 Å². The van der Waals surface area contributed by atoms with Crippen LogP contribution in [0.5, 0.6) is 0 Å². The fraction of sp³-hybridized carbons (Fsp3) is 0.222. The van der Waals surface area contributed by atoms with Gasteiger partial charge in [-0.25, -0.2) is 0 Å². The van der Waals surface area contributed by atoms with Gasteiger partial charge in [-0.1, -0.05) is 36.4 Å². The summed E-state index contributed by atoms with van der Waals surface area (Å²) in [6, 6.07) is 17.0. The van der Waals surface area contributed by atoms with Crippen molar-refractivity contribution in [3.63, 3.8) is 0 Å². The Morgan fingerprint density at radius 1 is 0.950 bits per heavy atom. The lowest BCUT2D eigenvalue weighted by Crippen LogP contribution is -2.11. The highest BCUT2D eigenvalue weighted by molar-refractivity contribution is 5.95. The third kappa shape index (κ3) is 2.35. The Morgan fingerprint density at radius 2 is 1.70 bits per heavy atom. The molecule has 0 unspecified atom stereocenters. The summed E-state index contributed by atoms with van der Waals surface area (Å²) in [5, 5.41) is 1.19. The van der Waals surface area contributed by atoms with Crippen molar-refractivity contribution < 1.29 is 4.42 Å². The van der Waals surface area contributed by atoms with Crippen molar-refractivity contribution >= 4 is 11.0 Å². The van der Waals surface area contributed by atoms with Crippen molar-refractivity contribution in [1.82, 2.24) is 4.90 Å². The number of nitrogens with zero attached hydrogens (tertiary/aromatic N) is 1. The van der Waals surface area contributed by atoms with E-state index < -0.39 is 0 Å². The fourth-order valence-electron chi connectivity index (χ4n) is 2.68. The zero-order valence-electron chi connectivity index (χ0n) is 12.2. The molecule has 1 heterocycles. The van der Waals surface area contributed by atoms with Gasteiger partial charge in [-0.2, -0.15) is 0 Å². The van der Waals surface area contributed by atoms with Gasteiger partial charge in [0, 0.05) is 11.9 Å². The van der Waals surface area contributed by atoms with E-state index in [1.807, 2.05) is 13.0 Å². The van der Waals surface area contributed by atoms with Gasteiger partial charge in [0.2, 0.25) is 0 Å². The maximum absolute atomic E-state index is 5.74. The van der Waals surface area contributed by atoms with Gasteiger partial charge in [0.25, 0.3) is 0 Å². The van der Waals surface area contributed by atoms with E-state index in [-0.39, 0.29) is 0 Å². The monoisotopic (exact) mass is 265 g/mol. The first-order chi connectivity index (χ1) is 9.65. The molecule has 0 atom stereocenters. The number of hydrogen-bond acceptors (Lipinski definition) is 2. The summed E-state index contributed by atoms with van der Waals surface area (Å²) in [4.78, 5) is 2.19. The lowest BCUT2D eigenvalue weighted by atomic mass is 9.96. The van der Waals surface area contributed by atoms with Crippen molar-refractivity contribution in [3.8, 4) is 11.1 Å². The Balaban J connectivity index is 2.20. The average Bonchev–Trinajstić information content (AvgIpc) is 2.79. The summed E-state index contributed by atoms with van der Waals surface area (Å²) in [5.74, 6) is 0.956. The van der Waals surface area contributed by atoms with E-state index in [1.54, 1.807) is 0 Å². The number of rotatable bonds is 3. The second-order valence-electron chi connectivity index (χ2n) is 5.47. The second-order valence-corrected chi connectivity index (χ2v) is 5.47. The van der Waals surface area contributed by atoms with Gasteiger partial charge < -0.3 is 9.32 Å². The normalized spacial score (nSPS) is 11.4. The van der Waals surface area contributed by atoms with Gasteiger partial charge in [0.15, 0.2) is 0 Å². The van der Waals surface area contributed by atoms with Gasteiger partial charge >= 0.3 is 0 Å². The van der Waals surface area contributed by atoms with Crippen LogP contribution >= 0.6 is 0 Å². The molecule has 0 aliphatic rings. The Kier molecular flexibility index (Phi) is 3.33. The molecule has 3 rings (SSSR count). The van der Waals surface area contributed by atoms with Crippen LogP contribution in [-0.2, 0) is 6.54 Å². The van der Waals surface area contributed by atoms with Gasteiger partial charge in [-0.05, 0) is 49.8 Å². The zero-order chi connectivity index (χ0) is 14.1. The molecule has 0 aliphatic carbocycles. The average molecular weight is 265 g/mol. The van der Waals surface area contributed by atoms with Crippen LogP contribution in [0, 0.1) is 6.92 Å². The van der Waals surface area contributed by atoms with E-state index in [0.717, 1.165) is 17.9 Å². The van der Waals surface area contributed by atoms with Crippen LogP contribution in [0.2, 0.25) is 0 Å². The Labute approximate surface area is 119 Å². The van der Waals surface area contributed by atoms with Gasteiger partial charge in [-0.3, -0.25) is 0 Å². The molecule has 0 spiro atoms. The molecule has 0 radical (unpaired) electrons. The number of aryl methyl sites for hydroxylation is 1.